The quantitative estimate of drug-likeness (QED) is 0.321. The van der Waals surface area contributed by atoms with Gasteiger partial charge in [0.25, 0.3) is 0 Å². The van der Waals surface area contributed by atoms with Crippen molar-refractivity contribution in [1.29, 1.82) is 0 Å². The van der Waals surface area contributed by atoms with Crippen molar-refractivity contribution in [3.05, 3.63) is 12.7 Å². The van der Waals surface area contributed by atoms with Crippen LogP contribution in [-0.2, 0) is 0 Å². The molecule has 0 amide bonds. The molecule has 0 aliphatic carbocycles. The van der Waals surface area contributed by atoms with Crippen LogP contribution in [0.25, 0.3) is 0 Å². The van der Waals surface area contributed by atoms with Crippen molar-refractivity contribution in [2.75, 3.05) is 6.54 Å². The van der Waals surface area contributed by atoms with Crippen molar-refractivity contribution < 1.29 is 0 Å². The molecule has 0 saturated heterocycles. The molecule has 0 heterocycles. The molecule has 2 nitrogen and oxygen atoms in total. The SMILES string of the molecule is C=CC(C)(C)CNN. The first-order valence-corrected chi connectivity index (χ1v) is 2.69. The normalized spacial score (nSPS) is 11.4. The molecule has 0 aromatic rings. The molecule has 0 radical (unpaired) electrons. The van der Waals surface area contributed by atoms with Gasteiger partial charge in [0, 0.05) is 6.54 Å². The first-order valence-electron chi connectivity index (χ1n) is 2.69. The molecule has 0 aliphatic rings. The molecular weight excluding hydrogens is 100 g/mol. The number of hydrazine groups is 1. The van der Waals surface area contributed by atoms with Gasteiger partial charge in [0.05, 0.1) is 0 Å². The van der Waals surface area contributed by atoms with E-state index in [1.165, 1.54) is 0 Å². The molecule has 48 valence electrons. The van der Waals surface area contributed by atoms with Gasteiger partial charge in [-0.05, 0) is 5.41 Å². The van der Waals surface area contributed by atoms with E-state index in [0.717, 1.165) is 6.54 Å². The summed E-state index contributed by atoms with van der Waals surface area (Å²) in [7, 11) is 0. The van der Waals surface area contributed by atoms with E-state index in [1.54, 1.807) is 0 Å². The lowest BCUT2D eigenvalue weighted by molar-refractivity contribution is 0.441. The first-order chi connectivity index (χ1) is 3.62. The summed E-state index contributed by atoms with van der Waals surface area (Å²) in [6, 6.07) is 0. The third-order valence-corrected chi connectivity index (χ3v) is 1.11. The van der Waals surface area contributed by atoms with Gasteiger partial charge in [-0.3, -0.25) is 11.3 Å². The number of nitrogens with one attached hydrogen (secondary N) is 1. The van der Waals surface area contributed by atoms with Crippen molar-refractivity contribution in [2.45, 2.75) is 13.8 Å². The predicted octanol–water partition coefficient (Wildman–Crippen LogP) is 0.662. The zero-order valence-corrected chi connectivity index (χ0v) is 5.57. The van der Waals surface area contributed by atoms with Gasteiger partial charge in [-0.1, -0.05) is 19.9 Å². The van der Waals surface area contributed by atoms with Gasteiger partial charge in [0.15, 0.2) is 0 Å². The van der Waals surface area contributed by atoms with Crippen LogP contribution in [0.4, 0.5) is 0 Å². The minimum atomic E-state index is 0.120. The summed E-state index contributed by atoms with van der Waals surface area (Å²) in [5.74, 6) is 5.09. The maximum Gasteiger partial charge on any atom is 0.0183 e. The average molecular weight is 114 g/mol. The Morgan fingerprint density at radius 2 is 2.25 bits per heavy atom. The zero-order valence-electron chi connectivity index (χ0n) is 5.57. The van der Waals surface area contributed by atoms with E-state index in [9.17, 15) is 0 Å². The Morgan fingerprint density at radius 1 is 1.75 bits per heavy atom. The number of hydrogen-bond donors (Lipinski definition) is 2. The van der Waals surface area contributed by atoms with Crippen molar-refractivity contribution in [1.82, 2.24) is 5.43 Å². The van der Waals surface area contributed by atoms with Gasteiger partial charge in [-0.15, -0.1) is 6.58 Å². The molecule has 0 unspecified atom stereocenters. The van der Waals surface area contributed by atoms with Crippen LogP contribution < -0.4 is 11.3 Å². The molecule has 0 saturated carbocycles. The highest BCUT2D eigenvalue weighted by atomic mass is 15.2. The summed E-state index contributed by atoms with van der Waals surface area (Å²) in [6.07, 6.45) is 1.88. The Kier molecular flexibility index (Phi) is 2.72. The topological polar surface area (TPSA) is 38.0 Å². The Labute approximate surface area is 50.7 Å². The molecular formula is C6H14N2. The molecule has 0 atom stereocenters. The molecule has 8 heavy (non-hydrogen) atoms. The molecule has 0 rings (SSSR count). The average Bonchev–Trinajstić information content (AvgIpc) is 1.67. The highest BCUT2D eigenvalue weighted by Gasteiger charge is 2.09. The Bertz CT molecular complexity index is 76.6. The Balaban J connectivity index is 3.53. The van der Waals surface area contributed by atoms with Gasteiger partial charge in [0.1, 0.15) is 0 Å². The zero-order chi connectivity index (χ0) is 6.62. The highest BCUT2D eigenvalue weighted by molar-refractivity contribution is 4.88. The van der Waals surface area contributed by atoms with E-state index in [4.69, 9.17) is 5.84 Å². The van der Waals surface area contributed by atoms with Crippen LogP contribution in [0.5, 0.6) is 0 Å². The van der Waals surface area contributed by atoms with Gasteiger partial charge < -0.3 is 0 Å². The van der Waals surface area contributed by atoms with Gasteiger partial charge in [-0.25, -0.2) is 0 Å². The van der Waals surface area contributed by atoms with Crippen LogP contribution >= 0.6 is 0 Å². The van der Waals surface area contributed by atoms with Crippen LogP contribution in [0.2, 0.25) is 0 Å². The molecule has 3 N–H and O–H groups in total. The van der Waals surface area contributed by atoms with E-state index < -0.39 is 0 Å². The molecule has 0 aromatic heterocycles. The third-order valence-electron chi connectivity index (χ3n) is 1.11. The first kappa shape index (κ1) is 7.66. The minimum absolute atomic E-state index is 0.120. The fourth-order valence-electron chi connectivity index (χ4n) is 0.335. The molecule has 0 bridgehead atoms. The summed E-state index contributed by atoms with van der Waals surface area (Å²) >= 11 is 0. The summed E-state index contributed by atoms with van der Waals surface area (Å²) in [4.78, 5) is 0. The Hall–Kier alpha value is -0.340. The molecule has 0 aromatic carbocycles. The van der Waals surface area contributed by atoms with Gasteiger partial charge in [-0.2, -0.15) is 0 Å². The number of nitrogens with two attached hydrogens (primary N) is 1. The number of rotatable bonds is 3. The summed E-state index contributed by atoms with van der Waals surface area (Å²) < 4.78 is 0. The van der Waals surface area contributed by atoms with Gasteiger partial charge >= 0.3 is 0 Å². The lowest BCUT2D eigenvalue weighted by atomic mass is 9.94. The lowest BCUT2D eigenvalue weighted by Gasteiger charge is -2.17. The van der Waals surface area contributed by atoms with Crippen LogP contribution in [0.15, 0.2) is 12.7 Å². The summed E-state index contributed by atoms with van der Waals surface area (Å²) in [5, 5.41) is 0. The molecule has 2 heteroatoms. The standard InChI is InChI=1S/C6H14N2/c1-4-6(2,3)5-8-7/h4,8H,1,5,7H2,2-3H3. The summed E-state index contributed by atoms with van der Waals surface area (Å²) in [5.41, 5.74) is 2.71. The maximum absolute atomic E-state index is 5.09. The molecule has 0 spiro atoms. The highest BCUT2D eigenvalue weighted by Crippen LogP contribution is 2.12. The van der Waals surface area contributed by atoms with Crippen LogP contribution in [0.3, 0.4) is 0 Å². The van der Waals surface area contributed by atoms with Crippen LogP contribution in [0.1, 0.15) is 13.8 Å². The van der Waals surface area contributed by atoms with Crippen molar-refractivity contribution in [3.8, 4) is 0 Å². The second-order valence-corrected chi connectivity index (χ2v) is 2.57. The van der Waals surface area contributed by atoms with E-state index in [0.29, 0.717) is 0 Å². The van der Waals surface area contributed by atoms with Gasteiger partial charge in [0.2, 0.25) is 0 Å². The lowest BCUT2D eigenvalue weighted by Crippen LogP contribution is -2.32. The fourth-order valence-corrected chi connectivity index (χ4v) is 0.335. The Morgan fingerprint density at radius 3 is 2.38 bits per heavy atom. The monoisotopic (exact) mass is 114 g/mol. The van der Waals surface area contributed by atoms with Crippen LogP contribution in [-0.4, -0.2) is 6.54 Å². The smallest absolute Gasteiger partial charge is 0.0183 e. The van der Waals surface area contributed by atoms with E-state index in [2.05, 4.69) is 25.9 Å². The van der Waals surface area contributed by atoms with Crippen molar-refractivity contribution >= 4 is 0 Å². The van der Waals surface area contributed by atoms with E-state index >= 15 is 0 Å². The second-order valence-electron chi connectivity index (χ2n) is 2.57. The maximum atomic E-state index is 5.09. The fraction of sp³-hybridized carbons (Fsp3) is 0.667. The third kappa shape index (κ3) is 2.77. The molecule has 0 aliphatic heterocycles. The second kappa shape index (κ2) is 2.84. The summed E-state index contributed by atoms with van der Waals surface area (Å²) in [6.45, 7) is 8.57. The van der Waals surface area contributed by atoms with E-state index in [-0.39, 0.29) is 5.41 Å². The van der Waals surface area contributed by atoms with Crippen molar-refractivity contribution in [2.24, 2.45) is 11.3 Å². The predicted molar refractivity (Wildman–Crippen MR) is 36.2 cm³/mol. The number of hydrogen-bond acceptors (Lipinski definition) is 2. The van der Waals surface area contributed by atoms with Crippen molar-refractivity contribution in [3.63, 3.8) is 0 Å². The molecule has 0 fully saturated rings. The largest absolute Gasteiger partial charge is 0.271 e. The van der Waals surface area contributed by atoms with Crippen LogP contribution in [0, 0.1) is 5.41 Å². The van der Waals surface area contributed by atoms with E-state index in [1.807, 2.05) is 6.08 Å². The minimum Gasteiger partial charge on any atom is -0.271 e.